The highest BCUT2D eigenvalue weighted by Crippen LogP contribution is 2.57. The van der Waals surface area contributed by atoms with Gasteiger partial charge in [0.1, 0.15) is 60.1 Å². The second kappa shape index (κ2) is 23.3. The molecule has 2 heterocycles. The molecule has 25 nitrogen and oxygen atoms in total. The number of amides is 2. The van der Waals surface area contributed by atoms with Gasteiger partial charge < -0.3 is 83.1 Å². The number of esters is 4. The first kappa shape index (κ1) is 58.0. The monoisotopic (exact) mass is 1110 g/mol. The topological polar surface area (TPSA) is 345 Å². The van der Waals surface area contributed by atoms with E-state index in [2.05, 4.69) is 5.32 Å². The molecule has 12 atom stereocenters. The molecular weight excluding hydrogens is 1060 g/mol. The Hall–Kier alpha value is -8.20. The van der Waals surface area contributed by atoms with Gasteiger partial charge in [0.15, 0.2) is 42.5 Å². The standard InChI is InChI=1S/C55H58N2O23/c1-21-15-32-38(44(65)35(21)51(68)56-22(2)52(69)72-9)37-30(18-31-39(45(37)66)42(63)29-16-28(71-8)17-33(61)36(29)41(31)62)43(64)47(32)79-53-46(67)49(40(23(3)75-53)57(7)55(70)74-19-27-13-11-10-12-14-27)80-54-50(78-26(6)60)48(77-25(5)59)34(20-73-54)76-24(4)58/h10-18,22-23,34,40,43,46-50,53-54,61,64-67H,19-20H2,1-9H3,(H,56,68)/t22-,23-,34+,40+,43+,46-,47+,48-,49+,50+,53+,54-/m1/s1. The molecule has 80 heavy (non-hydrogen) atoms. The molecule has 2 amide bonds. The fourth-order valence-electron chi connectivity index (χ4n) is 10.5. The van der Waals surface area contributed by atoms with Gasteiger partial charge in [-0.15, -0.1) is 0 Å². The second-order valence-electron chi connectivity index (χ2n) is 19.4. The number of aromatic hydroxyl groups is 3. The Balaban J connectivity index is 1.24. The van der Waals surface area contributed by atoms with Crippen molar-refractivity contribution in [1.29, 1.82) is 0 Å². The summed E-state index contributed by atoms with van der Waals surface area (Å²) < 4.78 is 57.4. The van der Waals surface area contributed by atoms with Crippen LogP contribution in [0, 0.1) is 6.92 Å². The Bertz CT molecular complexity index is 3160. The van der Waals surface area contributed by atoms with Crippen LogP contribution in [-0.4, -0.2) is 167 Å². The summed E-state index contributed by atoms with van der Waals surface area (Å²) in [6.07, 6.45) is -18.3. The SMILES string of the molecule is COC(=O)[C@@H](C)NC(=O)c1c(C)cc2c(c1O)-c1c(cc3c(c1O)C(=O)c1cc(OC)cc(O)c1C3=O)[C@H](O)[C@H]2O[C@@H]1O[C@H](C)[C@H](N(C)C(=O)OCc2ccccc2)[C@H](O[C@H]2OC[C@H](OC(C)=O)[C@@H](OC(C)=O)[C@@H]2OC(C)=O)[C@H]1O. The number of aliphatic hydroxyl groups excluding tert-OH is 2. The van der Waals surface area contributed by atoms with Gasteiger partial charge in [-0.2, -0.15) is 0 Å². The minimum Gasteiger partial charge on any atom is -0.507 e. The third kappa shape index (κ3) is 10.9. The molecule has 6 N–H and O–H groups in total. The molecule has 0 radical (unpaired) electrons. The highest BCUT2D eigenvalue weighted by atomic mass is 16.7. The lowest BCUT2D eigenvalue weighted by Gasteiger charge is -2.49. The minimum atomic E-state index is -2.09. The van der Waals surface area contributed by atoms with Crippen LogP contribution in [0.25, 0.3) is 11.1 Å². The van der Waals surface area contributed by atoms with E-state index in [1.807, 2.05) is 0 Å². The first-order chi connectivity index (χ1) is 37.9. The lowest BCUT2D eigenvalue weighted by molar-refractivity contribution is -0.345. The van der Waals surface area contributed by atoms with Gasteiger partial charge in [0.05, 0.1) is 49.7 Å². The molecule has 2 saturated heterocycles. The van der Waals surface area contributed by atoms with Crippen molar-refractivity contribution in [3.63, 3.8) is 0 Å². The zero-order valence-electron chi connectivity index (χ0n) is 44.6. The number of methoxy groups -OCH3 is 2. The molecule has 2 fully saturated rings. The summed E-state index contributed by atoms with van der Waals surface area (Å²) in [5.41, 5.74) is -3.23. The van der Waals surface area contributed by atoms with Gasteiger partial charge in [-0.1, -0.05) is 36.4 Å². The van der Waals surface area contributed by atoms with Crippen LogP contribution < -0.4 is 10.1 Å². The number of carbonyl (C=O) groups excluding carboxylic acids is 8. The molecule has 25 heteroatoms. The Labute approximate surface area is 456 Å². The largest absolute Gasteiger partial charge is 0.507 e. The number of nitrogens with zero attached hydrogens (tertiary/aromatic N) is 1. The van der Waals surface area contributed by atoms with Crippen LogP contribution in [0.1, 0.15) is 111 Å². The number of hydrogen-bond donors (Lipinski definition) is 6. The lowest BCUT2D eigenvalue weighted by atomic mass is 9.74. The van der Waals surface area contributed by atoms with Crippen LogP contribution >= 0.6 is 0 Å². The number of nitrogens with one attached hydrogen (secondary N) is 1. The van der Waals surface area contributed by atoms with E-state index in [9.17, 15) is 63.9 Å². The molecule has 0 spiro atoms. The zero-order valence-corrected chi connectivity index (χ0v) is 44.6. The molecule has 2 aliphatic carbocycles. The van der Waals surface area contributed by atoms with Crippen LogP contribution in [-0.2, 0) is 68.4 Å². The van der Waals surface area contributed by atoms with Gasteiger partial charge in [-0.05, 0) is 55.2 Å². The fraction of sp³-hybridized carbons (Fsp3) is 0.418. The zero-order chi connectivity index (χ0) is 58.3. The summed E-state index contributed by atoms with van der Waals surface area (Å²) in [6.45, 7) is 6.59. The molecular formula is C55H58N2O23. The van der Waals surface area contributed by atoms with Crippen molar-refractivity contribution < 1.29 is 111 Å². The van der Waals surface area contributed by atoms with Crippen molar-refractivity contribution in [3.05, 3.63) is 105 Å². The van der Waals surface area contributed by atoms with Gasteiger partial charge >= 0.3 is 30.0 Å². The molecule has 0 bridgehead atoms. The molecule has 0 aromatic heterocycles. The smallest absolute Gasteiger partial charge is 0.410 e. The number of rotatable bonds is 14. The van der Waals surface area contributed by atoms with Crippen LogP contribution in [0.15, 0.2) is 54.6 Å². The maximum atomic E-state index is 14.4. The highest BCUT2D eigenvalue weighted by molar-refractivity contribution is 6.31. The summed E-state index contributed by atoms with van der Waals surface area (Å²) in [6, 6.07) is 10.6. The molecule has 2 aliphatic heterocycles. The number of hydrogen-bond acceptors (Lipinski definition) is 23. The molecule has 0 unspecified atom stereocenters. The van der Waals surface area contributed by atoms with Crippen molar-refractivity contribution in [2.24, 2.45) is 0 Å². The van der Waals surface area contributed by atoms with Crippen molar-refractivity contribution in [2.75, 3.05) is 27.9 Å². The second-order valence-corrected chi connectivity index (χ2v) is 19.4. The summed E-state index contributed by atoms with van der Waals surface area (Å²) in [5.74, 6) is -8.94. The highest BCUT2D eigenvalue weighted by Gasteiger charge is 2.55. The van der Waals surface area contributed by atoms with Crippen molar-refractivity contribution in [2.45, 2.75) is 122 Å². The number of phenolic OH excluding ortho intramolecular Hbond substituents is 3. The average Bonchev–Trinajstić information content (AvgIpc) is 3.60. The first-order valence-electron chi connectivity index (χ1n) is 24.9. The van der Waals surface area contributed by atoms with E-state index in [0.717, 1.165) is 44.9 Å². The van der Waals surface area contributed by atoms with Crippen molar-refractivity contribution in [1.82, 2.24) is 10.2 Å². The number of fused-ring (bicyclic) bond motifs is 5. The fourth-order valence-corrected chi connectivity index (χ4v) is 10.5. The first-order valence-corrected chi connectivity index (χ1v) is 24.9. The Morgan fingerprint density at radius 2 is 1.39 bits per heavy atom. The third-order valence-electron chi connectivity index (χ3n) is 14.0. The quantitative estimate of drug-likeness (QED) is 0.0686. The maximum Gasteiger partial charge on any atom is 0.410 e. The number of ether oxygens (including phenoxy) is 10. The summed E-state index contributed by atoms with van der Waals surface area (Å²) in [4.78, 5) is 108. The predicted octanol–water partition coefficient (Wildman–Crippen LogP) is 3.24. The normalized spacial score (nSPS) is 25.0. The predicted molar refractivity (Wildman–Crippen MR) is 269 cm³/mol. The lowest BCUT2D eigenvalue weighted by Crippen LogP contribution is -2.67. The van der Waals surface area contributed by atoms with E-state index in [-0.39, 0.29) is 34.6 Å². The van der Waals surface area contributed by atoms with Gasteiger partial charge in [-0.3, -0.25) is 28.8 Å². The van der Waals surface area contributed by atoms with Crippen LogP contribution in [0.5, 0.6) is 23.0 Å². The molecule has 0 saturated carbocycles. The van der Waals surface area contributed by atoms with E-state index < -0.39 is 178 Å². The Morgan fingerprint density at radius 3 is 2.02 bits per heavy atom. The van der Waals surface area contributed by atoms with Crippen LogP contribution in [0.4, 0.5) is 4.79 Å². The number of phenols is 3. The Kier molecular flexibility index (Phi) is 16.8. The van der Waals surface area contributed by atoms with E-state index in [1.165, 1.54) is 47.1 Å². The van der Waals surface area contributed by atoms with Gasteiger partial charge in [0.25, 0.3) is 5.91 Å². The van der Waals surface area contributed by atoms with E-state index in [1.54, 1.807) is 30.3 Å². The van der Waals surface area contributed by atoms with Gasteiger partial charge in [0, 0.05) is 56.1 Å². The number of benzene rings is 4. The molecule has 426 valence electrons. The van der Waals surface area contributed by atoms with E-state index >= 15 is 0 Å². The van der Waals surface area contributed by atoms with Crippen molar-refractivity contribution in [3.8, 4) is 34.1 Å². The Morgan fingerprint density at radius 1 is 0.762 bits per heavy atom. The van der Waals surface area contributed by atoms with Crippen molar-refractivity contribution >= 4 is 47.4 Å². The third-order valence-corrected chi connectivity index (χ3v) is 14.0. The molecule has 4 aromatic rings. The average molecular weight is 1120 g/mol. The molecule has 4 aromatic carbocycles. The minimum absolute atomic E-state index is 0.00369. The van der Waals surface area contributed by atoms with Gasteiger partial charge in [0.2, 0.25) is 0 Å². The maximum absolute atomic E-state index is 14.4. The molecule has 8 rings (SSSR count). The van der Waals surface area contributed by atoms with E-state index in [4.69, 9.17) is 47.4 Å². The number of likely N-dealkylation sites (N-methyl/N-ethyl adjacent to an activating group) is 1. The molecule has 4 aliphatic rings. The van der Waals surface area contributed by atoms with Gasteiger partial charge in [-0.25, -0.2) is 9.59 Å². The summed E-state index contributed by atoms with van der Waals surface area (Å²) >= 11 is 0. The summed E-state index contributed by atoms with van der Waals surface area (Å²) in [7, 11) is 3.65. The van der Waals surface area contributed by atoms with E-state index in [0.29, 0.717) is 5.56 Å². The van der Waals surface area contributed by atoms with Crippen LogP contribution in [0.2, 0.25) is 0 Å². The number of aliphatic hydroxyl groups is 2. The number of carbonyl (C=O) groups is 8. The van der Waals surface area contributed by atoms with Crippen LogP contribution in [0.3, 0.4) is 0 Å². The number of aryl methyl sites for hydroxylation is 1. The number of ketones is 2. The summed E-state index contributed by atoms with van der Waals surface area (Å²) in [5, 5.41) is 63.4.